The zero-order valence-electron chi connectivity index (χ0n) is 9.16. The minimum Gasteiger partial charge on any atom is -0.403 e. The Balaban J connectivity index is 2.64. The van der Waals surface area contributed by atoms with Gasteiger partial charge in [0.1, 0.15) is 30.3 Å². The van der Waals surface area contributed by atoms with E-state index in [9.17, 15) is 0 Å². The second-order valence-electron chi connectivity index (χ2n) is 3.22. The number of imidazole rings is 1. The fourth-order valence-corrected chi connectivity index (χ4v) is 1.48. The van der Waals surface area contributed by atoms with Crippen LogP contribution in [-0.2, 0) is 11.5 Å². The lowest BCUT2D eigenvalue weighted by molar-refractivity contribution is 0.134. The molecule has 0 amide bonds. The molecule has 0 spiro atoms. The summed E-state index contributed by atoms with van der Waals surface area (Å²) in [5.41, 5.74) is 7.19. The molecule has 0 radical (unpaired) electrons. The van der Waals surface area contributed by atoms with Crippen LogP contribution in [0, 0.1) is 11.3 Å². The van der Waals surface area contributed by atoms with Gasteiger partial charge in [0.05, 0.1) is 11.9 Å². The van der Waals surface area contributed by atoms with E-state index >= 15 is 0 Å². The third-order valence-electron chi connectivity index (χ3n) is 2.21. The quantitative estimate of drug-likeness (QED) is 0.758. The summed E-state index contributed by atoms with van der Waals surface area (Å²) < 4.78 is 6.72. The van der Waals surface area contributed by atoms with Crippen LogP contribution in [0.3, 0.4) is 0 Å². The molecule has 7 nitrogen and oxygen atoms in total. The topological polar surface area (TPSA) is 103 Å². The van der Waals surface area contributed by atoms with Crippen LogP contribution in [0.1, 0.15) is 5.69 Å². The summed E-state index contributed by atoms with van der Waals surface area (Å²) in [5.74, 6) is 0. The van der Waals surface area contributed by atoms with Crippen LogP contribution in [0.25, 0.3) is 16.7 Å². The first kappa shape index (κ1) is 11.0. The van der Waals surface area contributed by atoms with Crippen LogP contribution in [0.2, 0.25) is 0 Å². The maximum Gasteiger partial charge on any atom is 0.165 e. The van der Waals surface area contributed by atoms with Gasteiger partial charge in [0.25, 0.3) is 0 Å². The highest BCUT2D eigenvalue weighted by Gasteiger charge is 2.12. The van der Waals surface area contributed by atoms with Crippen molar-refractivity contribution in [3.05, 3.63) is 24.5 Å². The summed E-state index contributed by atoms with van der Waals surface area (Å²) in [5, 5.41) is 8.93. The Labute approximate surface area is 97.2 Å². The Kier molecular flexibility index (Phi) is 2.98. The first-order valence-corrected chi connectivity index (χ1v) is 4.79. The van der Waals surface area contributed by atoms with Crippen LogP contribution < -0.4 is 5.73 Å². The number of fused-ring (bicyclic) bond motifs is 1. The van der Waals surface area contributed by atoms with Crippen molar-refractivity contribution in [1.82, 2.24) is 19.5 Å². The molecule has 7 heteroatoms. The smallest absolute Gasteiger partial charge is 0.165 e. The summed E-state index contributed by atoms with van der Waals surface area (Å²) in [7, 11) is 1.58. The summed E-state index contributed by atoms with van der Waals surface area (Å²) in [6, 6.07) is 1.97. The fourth-order valence-electron chi connectivity index (χ4n) is 1.48. The number of nitrogens with zero attached hydrogens (tertiary/aromatic N) is 5. The van der Waals surface area contributed by atoms with Crippen molar-refractivity contribution in [3.8, 4) is 6.07 Å². The molecule has 0 aliphatic carbocycles. The largest absolute Gasteiger partial charge is 0.403 e. The molecule has 2 rings (SSSR count). The molecule has 17 heavy (non-hydrogen) atoms. The van der Waals surface area contributed by atoms with Crippen molar-refractivity contribution in [3.63, 3.8) is 0 Å². The number of rotatable bonds is 3. The van der Waals surface area contributed by atoms with Crippen LogP contribution >= 0.6 is 0 Å². The Morgan fingerprint density at radius 2 is 2.41 bits per heavy atom. The minimum atomic E-state index is 0.264. The van der Waals surface area contributed by atoms with E-state index in [2.05, 4.69) is 15.0 Å². The first-order chi connectivity index (χ1) is 8.31. The number of allylic oxidation sites excluding steroid dienone is 1. The van der Waals surface area contributed by atoms with Gasteiger partial charge in [-0.15, -0.1) is 0 Å². The molecule has 0 atom stereocenters. The van der Waals surface area contributed by atoms with Gasteiger partial charge in [-0.05, 0) is 0 Å². The van der Waals surface area contributed by atoms with E-state index < -0.39 is 0 Å². The van der Waals surface area contributed by atoms with Crippen molar-refractivity contribution in [2.45, 2.75) is 6.73 Å². The number of hydrogen-bond donors (Lipinski definition) is 1. The highest BCUT2D eigenvalue weighted by atomic mass is 16.5. The lowest BCUT2D eigenvalue weighted by Gasteiger charge is -2.01. The number of hydrogen-bond acceptors (Lipinski definition) is 6. The first-order valence-electron chi connectivity index (χ1n) is 4.79. The molecule has 0 aromatic carbocycles. The Hall–Kier alpha value is -2.46. The predicted octanol–water partition coefficient (Wildman–Crippen LogP) is 0.253. The molecule has 0 aliphatic rings. The molecule has 0 aliphatic heterocycles. The molecular weight excluding hydrogens is 220 g/mol. The fraction of sp³-hybridized carbons (Fsp3) is 0.200. The average molecular weight is 230 g/mol. The lowest BCUT2D eigenvalue weighted by atomic mass is 10.2. The molecule has 2 N–H and O–H groups in total. The second kappa shape index (κ2) is 4.59. The molecule has 0 fully saturated rings. The standard InChI is InChI=1S/C10H10N6O/c1-17-6-16-5-15-9-8(7(2-11)3-12)13-4-14-10(9)16/h2,4-5H,6,11H2,1H3/b7-2+. The van der Waals surface area contributed by atoms with Gasteiger partial charge in [-0.2, -0.15) is 5.26 Å². The van der Waals surface area contributed by atoms with Gasteiger partial charge in [0.2, 0.25) is 0 Å². The van der Waals surface area contributed by atoms with E-state index in [-0.39, 0.29) is 5.57 Å². The molecule has 2 aromatic rings. The number of methoxy groups -OCH3 is 1. The van der Waals surface area contributed by atoms with E-state index in [0.717, 1.165) is 0 Å². The molecular formula is C10H10N6O. The Morgan fingerprint density at radius 1 is 1.59 bits per heavy atom. The predicted molar refractivity (Wildman–Crippen MR) is 60.1 cm³/mol. The van der Waals surface area contributed by atoms with Gasteiger partial charge in [0.15, 0.2) is 5.65 Å². The number of nitriles is 1. The molecule has 0 unspecified atom stereocenters. The third-order valence-corrected chi connectivity index (χ3v) is 2.21. The molecule has 2 aromatic heterocycles. The molecule has 86 valence electrons. The van der Waals surface area contributed by atoms with Crippen LogP contribution in [0.5, 0.6) is 0 Å². The molecule has 0 bridgehead atoms. The van der Waals surface area contributed by atoms with Crippen molar-refractivity contribution in [1.29, 1.82) is 5.26 Å². The van der Waals surface area contributed by atoms with E-state index in [1.54, 1.807) is 18.0 Å². The normalized spacial score (nSPS) is 11.6. The van der Waals surface area contributed by atoms with Gasteiger partial charge >= 0.3 is 0 Å². The van der Waals surface area contributed by atoms with Gasteiger partial charge in [0, 0.05) is 13.3 Å². The zero-order valence-corrected chi connectivity index (χ0v) is 9.16. The second-order valence-corrected chi connectivity index (χ2v) is 3.22. The number of nitrogens with two attached hydrogens (primary N) is 1. The average Bonchev–Trinajstić information content (AvgIpc) is 2.76. The third kappa shape index (κ3) is 1.81. The highest BCUT2D eigenvalue weighted by molar-refractivity contribution is 5.89. The summed E-state index contributed by atoms with van der Waals surface area (Å²) in [6.07, 6.45) is 4.15. The molecule has 2 heterocycles. The van der Waals surface area contributed by atoms with Gasteiger partial charge in [-0.25, -0.2) is 15.0 Å². The maximum absolute atomic E-state index is 8.93. The van der Waals surface area contributed by atoms with Gasteiger partial charge < -0.3 is 10.5 Å². The SMILES string of the molecule is COCn1cnc2c(/C(C#N)=C/N)ncnc21. The van der Waals surface area contributed by atoms with Gasteiger partial charge in [-0.3, -0.25) is 4.57 Å². The van der Waals surface area contributed by atoms with Crippen LogP contribution in [-0.4, -0.2) is 26.6 Å². The van der Waals surface area contributed by atoms with Crippen molar-refractivity contribution >= 4 is 16.7 Å². The number of aromatic nitrogens is 4. The summed E-state index contributed by atoms with van der Waals surface area (Å²) >= 11 is 0. The zero-order chi connectivity index (χ0) is 12.3. The minimum absolute atomic E-state index is 0.264. The lowest BCUT2D eigenvalue weighted by Crippen LogP contribution is -2.00. The summed E-state index contributed by atoms with van der Waals surface area (Å²) in [6.45, 7) is 0.335. The van der Waals surface area contributed by atoms with E-state index in [0.29, 0.717) is 23.6 Å². The maximum atomic E-state index is 8.93. The van der Waals surface area contributed by atoms with E-state index in [1.165, 1.54) is 12.5 Å². The molecule has 0 saturated heterocycles. The Bertz CT molecular complexity index is 609. The monoisotopic (exact) mass is 230 g/mol. The van der Waals surface area contributed by atoms with E-state index in [1.807, 2.05) is 6.07 Å². The number of ether oxygens (including phenoxy) is 1. The molecule has 0 saturated carbocycles. The van der Waals surface area contributed by atoms with Crippen molar-refractivity contribution in [2.75, 3.05) is 7.11 Å². The van der Waals surface area contributed by atoms with Gasteiger partial charge in [-0.1, -0.05) is 0 Å². The van der Waals surface area contributed by atoms with Crippen LogP contribution in [0.4, 0.5) is 0 Å². The van der Waals surface area contributed by atoms with Crippen LogP contribution in [0.15, 0.2) is 18.9 Å². The van der Waals surface area contributed by atoms with Crippen molar-refractivity contribution < 1.29 is 4.74 Å². The summed E-state index contributed by atoms with van der Waals surface area (Å²) in [4.78, 5) is 12.3. The van der Waals surface area contributed by atoms with Crippen molar-refractivity contribution in [2.24, 2.45) is 5.73 Å². The Morgan fingerprint density at radius 3 is 3.06 bits per heavy atom. The highest BCUT2D eigenvalue weighted by Crippen LogP contribution is 2.19. The van der Waals surface area contributed by atoms with E-state index in [4.69, 9.17) is 15.7 Å².